The Morgan fingerprint density at radius 2 is 2.19 bits per heavy atom. The lowest BCUT2D eigenvalue weighted by Crippen LogP contribution is -2.02. The van der Waals surface area contributed by atoms with E-state index in [4.69, 9.17) is 5.73 Å². The average Bonchev–Trinajstić information content (AvgIpc) is 3.01. The molecule has 1 saturated carbocycles. The van der Waals surface area contributed by atoms with Gasteiger partial charge in [0, 0.05) is 11.3 Å². The largest absolute Gasteiger partial charge is 0.398 e. The monoisotopic (exact) mass is 219 g/mol. The Labute approximate surface area is 91.1 Å². The van der Waals surface area contributed by atoms with Crippen LogP contribution < -0.4 is 5.73 Å². The minimum absolute atomic E-state index is 0.338. The maximum atomic E-state index is 13.2. The van der Waals surface area contributed by atoms with Crippen molar-refractivity contribution in [2.24, 2.45) is 0 Å². The molecule has 0 aliphatic heterocycles. The lowest BCUT2D eigenvalue weighted by atomic mass is 10.1. The van der Waals surface area contributed by atoms with Crippen molar-refractivity contribution in [2.75, 3.05) is 5.73 Å². The van der Waals surface area contributed by atoms with Crippen LogP contribution in [0.4, 0.5) is 10.1 Å². The Morgan fingerprint density at radius 3 is 2.94 bits per heavy atom. The molecule has 1 heterocycles. The summed E-state index contributed by atoms with van der Waals surface area (Å²) in [4.78, 5) is 0. The molecule has 0 bridgehead atoms. The van der Waals surface area contributed by atoms with Gasteiger partial charge in [-0.1, -0.05) is 0 Å². The number of aromatic nitrogens is 4. The fourth-order valence-electron chi connectivity index (χ4n) is 1.66. The second-order valence-corrected chi connectivity index (χ2v) is 3.91. The first-order valence-electron chi connectivity index (χ1n) is 5.09. The number of tetrazole rings is 1. The third-order valence-corrected chi connectivity index (χ3v) is 2.64. The number of hydrogen-bond donors (Lipinski definition) is 1. The fraction of sp³-hybridized carbons (Fsp3) is 0.300. The molecule has 0 radical (unpaired) electrons. The molecule has 0 amide bonds. The van der Waals surface area contributed by atoms with Crippen molar-refractivity contribution in [3.8, 4) is 11.4 Å². The third kappa shape index (κ3) is 1.42. The average molecular weight is 219 g/mol. The van der Waals surface area contributed by atoms with Gasteiger partial charge in [0.05, 0.1) is 6.04 Å². The van der Waals surface area contributed by atoms with E-state index in [0.717, 1.165) is 12.8 Å². The summed E-state index contributed by atoms with van der Waals surface area (Å²) in [5.41, 5.74) is 6.83. The minimum Gasteiger partial charge on any atom is -0.398 e. The Kier molecular flexibility index (Phi) is 1.89. The summed E-state index contributed by atoms with van der Waals surface area (Å²) in [7, 11) is 0. The Morgan fingerprint density at radius 1 is 1.38 bits per heavy atom. The summed E-state index contributed by atoms with van der Waals surface area (Å²) in [6, 6.07) is 4.55. The van der Waals surface area contributed by atoms with Crippen molar-refractivity contribution < 1.29 is 4.39 Å². The predicted octanol–water partition coefficient (Wildman–Crippen LogP) is 1.40. The number of halogens is 1. The number of anilines is 1. The first kappa shape index (κ1) is 9.26. The van der Waals surface area contributed by atoms with Crippen LogP contribution >= 0.6 is 0 Å². The lowest BCUT2D eigenvalue weighted by molar-refractivity contribution is 0.612. The van der Waals surface area contributed by atoms with E-state index in [2.05, 4.69) is 15.5 Å². The molecule has 16 heavy (non-hydrogen) atoms. The standard InChI is InChI=1S/C10H10FN5/c11-6-1-4-9(12)8(5-6)10-13-14-15-16(10)7-2-3-7/h1,4-5,7H,2-3,12H2. The van der Waals surface area contributed by atoms with Crippen molar-refractivity contribution in [1.29, 1.82) is 0 Å². The van der Waals surface area contributed by atoms with Crippen LogP contribution in [0.3, 0.4) is 0 Å². The number of nitrogen functional groups attached to an aromatic ring is 1. The van der Waals surface area contributed by atoms with Gasteiger partial charge in [-0.25, -0.2) is 9.07 Å². The molecule has 3 rings (SSSR count). The molecule has 0 unspecified atom stereocenters. The van der Waals surface area contributed by atoms with Crippen molar-refractivity contribution in [1.82, 2.24) is 20.2 Å². The molecule has 0 saturated heterocycles. The van der Waals surface area contributed by atoms with E-state index in [1.165, 1.54) is 18.2 Å². The normalized spacial score (nSPS) is 15.3. The van der Waals surface area contributed by atoms with Crippen LogP contribution in [0.1, 0.15) is 18.9 Å². The first-order valence-corrected chi connectivity index (χ1v) is 5.09. The van der Waals surface area contributed by atoms with Gasteiger partial charge in [0.2, 0.25) is 0 Å². The number of rotatable bonds is 2. The highest BCUT2D eigenvalue weighted by molar-refractivity contribution is 5.71. The van der Waals surface area contributed by atoms with E-state index in [-0.39, 0.29) is 5.82 Å². The maximum absolute atomic E-state index is 13.2. The smallest absolute Gasteiger partial charge is 0.184 e. The topological polar surface area (TPSA) is 69.6 Å². The second kappa shape index (κ2) is 3.26. The van der Waals surface area contributed by atoms with Crippen LogP contribution in [-0.4, -0.2) is 20.2 Å². The molecule has 2 N–H and O–H groups in total. The van der Waals surface area contributed by atoms with Crippen LogP contribution in [0.2, 0.25) is 0 Å². The van der Waals surface area contributed by atoms with Gasteiger partial charge in [-0.05, 0) is 41.5 Å². The molecule has 2 aromatic rings. The number of nitrogens with zero attached hydrogens (tertiary/aromatic N) is 4. The van der Waals surface area contributed by atoms with E-state index < -0.39 is 0 Å². The molecular formula is C10H10FN5. The summed E-state index contributed by atoms with van der Waals surface area (Å²) in [5, 5.41) is 11.4. The SMILES string of the molecule is Nc1ccc(F)cc1-c1nnnn1C1CC1. The molecule has 1 aliphatic rings. The molecule has 0 spiro atoms. The molecule has 0 atom stereocenters. The Balaban J connectivity index is 2.13. The summed E-state index contributed by atoms with van der Waals surface area (Å²) in [6.07, 6.45) is 2.13. The quantitative estimate of drug-likeness (QED) is 0.775. The highest BCUT2D eigenvalue weighted by atomic mass is 19.1. The van der Waals surface area contributed by atoms with Crippen LogP contribution in [0.5, 0.6) is 0 Å². The van der Waals surface area contributed by atoms with Gasteiger partial charge in [-0.3, -0.25) is 0 Å². The van der Waals surface area contributed by atoms with E-state index in [1.807, 2.05) is 0 Å². The van der Waals surface area contributed by atoms with Crippen molar-refractivity contribution >= 4 is 5.69 Å². The highest BCUT2D eigenvalue weighted by Gasteiger charge is 2.28. The summed E-state index contributed by atoms with van der Waals surface area (Å²) < 4.78 is 14.9. The van der Waals surface area contributed by atoms with E-state index in [9.17, 15) is 4.39 Å². The lowest BCUT2D eigenvalue weighted by Gasteiger charge is -2.05. The fourth-order valence-corrected chi connectivity index (χ4v) is 1.66. The molecule has 1 fully saturated rings. The molecule has 1 aromatic heterocycles. The van der Waals surface area contributed by atoms with Gasteiger partial charge in [0.15, 0.2) is 5.82 Å². The third-order valence-electron chi connectivity index (χ3n) is 2.64. The summed E-state index contributed by atoms with van der Waals surface area (Å²) in [6.45, 7) is 0. The number of nitrogens with two attached hydrogens (primary N) is 1. The molecule has 6 heteroatoms. The van der Waals surface area contributed by atoms with Gasteiger partial charge in [-0.2, -0.15) is 0 Å². The van der Waals surface area contributed by atoms with Gasteiger partial charge in [-0.15, -0.1) is 5.10 Å². The summed E-state index contributed by atoms with van der Waals surface area (Å²) in [5.74, 6) is 0.203. The molecule has 82 valence electrons. The number of hydrogen-bond acceptors (Lipinski definition) is 4. The van der Waals surface area contributed by atoms with Crippen LogP contribution in [0.25, 0.3) is 11.4 Å². The van der Waals surface area contributed by atoms with Crippen molar-refractivity contribution in [3.63, 3.8) is 0 Å². The van der Waals surface area contributed by atoms with Crippen LogP contribution in [-0.2, 0) is 0 Å². The van der Waals surface area contributed by atoms with Crippen LogP contribution in [0.15, 0.2) is 18.2 Å². The van der Waals surface area contributed by atoms with E-state index in [1.54, 1.807) is 4.68 Å². The Hall–Kier alpha value is -1.98. The van der Waals surface area contributed by atoms with Gasteiger partial charge in [0.25, 0.3) is 0 Å². The zero-order valence-electron chi connectivity index (χ0n) is 8.47. The van der Waals surface area contributed by atoms with Gasteiger partial charge in [0.1, 0.15) is 5.82 Å². The van der Waals surface area contributed by atoms with Crippen molar-refractivity contribution in [2.45, 2.75) is 18.9 Å². The zero-order valence-corrected chi connectivity index (χ0v) is 8.47. The first-order chi connectivity index (χ1) is 7.75. The molecule has 1 aliphatic carbocycles. The predicted molar refractivity (Wildman–Crippen MR) is 55.9 cm³/mol. The summed E-state index contributed by atoms with van der Waals surface area (Å²) >= 11 is 0. The van der Waals surface area contributed by atoms with Crippen molar-refractivity contribution in [3.05, 3.63) is 24.0 Å². The minimum atomic E-state index is -0.338. The highest BCUT2D eigenvalue weighted by Crippen LogP contribution is 2.37. The number of benzene rings is 1. The second-order valence-electron chi connectivity index (χ2n) is 3.91. The Bertz CT molecular complexity index is 532. The van der Waals surface area contributed by atoms with E-state index in [0.29, 0.717) is 23.1 Å². The maximum Gasteiger partial charge on any atom is 0.184 e. The molecule has 1 aromatic carbocycles. The van der Waals surface area contributed by atoms with Gasteiger partial charge >= 0.3 is 0 Å². The molecular weight excluding hydrogens is 209 g/mol. The van der Waals surface area contributed by atoms with E-state index >= 15 is 0 Å². The molecule has 5 nitrogen and oxygen atoms in total. The zero-order chi connectivity index (χ0) is 11.1. The van der Waals surface area contributed by atoms with Gasteiger partial charge < -0.3 is 5.73 Å². The van der Waals surface area contributed by atoms with Crippen LogP contribution in [0, 0.1) is 5.82 Å².